The zero-order valence-corrected chi connectivity index (χ0v) is 20.0. The van der Waals surface area contributed by atoms with Crippen LogP contribution < -0.4 is 0 Å². The molecule has 2 aromatic rings. The molecule has 0 radical (unpaired) electrons. The van der Waals surface area contributed by atoms with Crippen molar-refractivity contribution in [3.63, 3.8) is 0 Å². The van der Waals surface area contributed by atoms with Crippen molar-refractivity contribution in [2.75, 3.05) is 13.2 Å². The van der Waals surface area contributed by atoms with E-state index >= 15 is 0 Å². The van der Waals surface area contributed by atoms with Crippen LogP contribution in [0.2, 0.25) is 0 Å². The number of hydrogen-bond donors (Lipinski definition) is 2. The Kier molecular flexibility index (Phi) is 11.0. The molecule has 3 atom stereocenters. The third-order valence-corrected chi connectivity index (χ3v) is 5.43. The van der Waals surface area contributed by atoms with Crippen molar-refractivity contribution < 1.29 is 55.6 Å². The Morgan fingerprint density at radius 1 is 1.08 bits per heavy atom. The molecular formula is C22H26F6N4O6. The lowest BCUT2D eigenvalue weighted by Crippen LogP contribution is -2.41. The minimum absolute atomic E-state index is 0.125. The van der Waals surface area contributed by atoms with E-state index in [0.29, 0.717) is 12.6 Å². The highest BCUT2D eigenvalue weighted by Crippen LogP contribution is 2.32. The van der Waals surface area contributed by atoms with Gasteiger partial charge in [-0.25, -0.2) is 9.59 Å². The maximum Gasteiger partial charge on any atom is 0.490 e. The summed E-state index contributed by atoms with van der Waals surface area (Å²) in [6.07, 6.45) is 0.0943. The molecule has 4 rings (SSSR count). The van der Waals surface area contributed by atoms with Crippen LogP contribution in [0.5, 0.6) is 0 Å². The normalized spacial score (nSPS) is 21.4. The number of carboxylic acids is 2. The van der Waals surface area contributed by atoms with E-state index in [1.807, 2.05) is 42.5 Å². The third-order valence-electron chi connectivity index (χ3n) is 5.43. The summed E-state index contributed by atoms with van der Waals surface area (Å²) in [7, 11) is 1.96. The molecule has 2 aromatic heterocycles. The van der Waals surface area contributed by atoms with Crippen molar-refractivity contribution in [3.05, 3.63) is 48.0 Å². The summed E-state index contributed by atoms with van der Waals surface area (Å²) in [5.74, 6) is -5.51. The van der Waals surface area contributed by atoms with Gasteiger partial charge in [0.15, 0.2) is 0 Å². The Bertz CT molecular complexity index is 1010. The van der Waals surface area contributed by atoms with Crippen molar-refractivity contribution in [2.45, 2.75) is 56.6 Å². The number of carbonyl (C=O) groups is 2. The van der Waals surface area contributed by atoms with E-state index in [1.54, 1.807) is 0 Å². The number of ether oxygens (including phenoxy) is 2. The maximum absolute atomic E-state index is 10.6. The fraction of sp³-hybridized carbons (Fsp3) is 0.545. The smallest absolute Gasteiger partial charge is 0.475 e. The molecule has 38 heavy (non-hydrogen) atoms. The van der Waals surface area contributed by atoms with E-state index in [-0.39, 0.29) is 12.2 Å². The topological polar surface area (TPSA) is 127 Å². The number of halogens is 6. The number of aromatic nitrogens is 3. The van der Waals surface area contributed by atoms with Crippen molar-refractivity contribution >= 4 is 11.9 Å². The summed E-state index contributed by atoms with van der Waals surface area (Å²) in [6.45, 7) is 3.28. The number of rotatable bonds is 5. The molecule has 16 heteroatoms. The second-order valence-corrected chi connectivity index (χ2v) is 8.31. The number of hydrogen-bond acceptors (Lipinski definition) is 7. The Hall–Kier alpha value is -3.24. The molecule has 0 amide bonds. The van der Waals surface area contributed by atoms with Gasteiger partial charge in [0.1, 0.15) is 6.10 Å². The van der Waals surface area contributed by atoms with Crippen LogP contribution in [-0.2, 0) is 39.3 Å². The lowest BCUT2D eigenvalue weighted by molar-refractivity contribution is -0.193. The van der Waals surface area contributed by atoms with Crippen LogP contribution in [0, 0.1) is 0 Å². The highest BCUT2D eigenvalue weighted by atomic mass is 19.4. The molecule has 0 unspecified atom stereocenters. The van der Waals surface area contributed by atoms with Crippen molar-refractivity contribution in [1.82, 2.24) is 19.7 Å². The summed E-state index contributed by atoms with van der Waals surface area (Å²) in [5, 5.41) is 18.5. The van der Waals surface area contributed by atoms with Gasteiger partial charge < -0.3 is 19.7 Å². The number of fused-ring (bicyclic) bond motifs is 1. The first kappa shape index (κ1) is 31.0. The van der Waals surface area contributed by atoms with E-state index in [4.69, 9.17) is 29.3 Å². The summed E-state index contributed by atoms with van der Waals surface area (Å²) >= 11 is 0. The predicted octanol–water partition coefficient (Wildman–Crippen LogP) is 3.03. The van der Waals surface area contributed by atoms with Crippen LogP contribution in [0.4, 0.5) is 26.3 Å². The highest BCUT2D eigenvalue weighted by Gasteiger charge is 2.44. The van der Waals surface area contributed by atoms with Crippen LogP contribution >= 0.6 is 0 Å². The van der Waals surface area contributed by atoms with Crippen LogP contribution in [0.3, 0.4) is 0 Å². The van der Waals surface area contributed by atoms with Gasteiger partial charge in [-0.15, -0.1) is 0 Å². The van der Waals surface area contributed by atoms with Crippen LogP contribution in [0.1, 0.15) is 24.0 Å². The number of alkyl halides is 6. The summed E-state index contributed by atoms with van der Waals surface area (Å²) < 4.78 is 77.6. The fourth-order valence-electron chi connectivity index (χ4n) is 3.80. The van der Waals surface area contributed by atoms with Crippen LogP contribution in [-0.4, -0.2) is 85.6 Å². The van der Waals surface area contributed by atoms with E-state index in [0.717, 1.165) is 31.7 Å². The van der Waals surface area contributed by atoms with Crippen LogP contribution in [0.25, 0.3) is 0 Å². The average Bonchev–Trinajstić information content (AvgIpc) is 3.41. The standard InChI is InChI=1S/C18H24N4O2.2C2HF3O2/c1-21-10-15(9-20-21)11-22-12-17(18-16(22)3-2-8-23-18)24-13-14-4-6-19-7-5-14;2*3-2(4,5)1(6)7/h4-7,9-10,16-18H,2-3,8,11-13H2,1H3;2*(H,6,7)/t16-,17+,18+;;/m0../s1. The molecule has 0 aromatic carbocycles. The highest BCUT2D eigenvalue weighted by molar-refractivity contribution is 5.73. The van der Waals surface area contributed by atoms with E-state index in [2.05, 4.69) is 21.2 Å². The number of aryl methyl sites for hydroxylation is 1. The molecule has 2 aliphatic heterocycles. The molecule has 212 valence electrons. The van der Waals surface area contributed by atoms with Crippen molar-refractivity contribution in [3.8, 4) is 0 Å². The summed E-state index contributed by atoms with van der Waals surface area (Å²) in [6, 6.07) is 4.45. The third kappa shape index (κ3) is 9.90. The van der Waals surface area contributed by atoms with Gasteiger partial charge in [-0.1, -0.05) is 0 Å². The first-order chi connectivity index (χ1) is 17.7. The van der Waals surface area contributed by atoms with Gasteiger partial charge in [-0.2, -0.15) is 31.4 Å². The van der Waals surface area contributed by atoms with Gasteiger partial charge >= 0.3 is 24.3 Å². The number of nitrogens with zero attached hydrogens (tertiary/aromatic N) is 4. The van der Waals surface area contributed by atoms with Gasteiger partial charge in [-0.3, -0.25) is 14.6 Å². The van der Waals surface area contributed by atoms with Gasteiger partial charge in [0, 0.05) is 56.9 Å². The second kappa shape index (κ2) is 13.5. The van der Waals surface area contributed by atoms with E-state index in [1.165, 1.54) is 12.0 Å². The SMILES string of the molecule is Cn1cc(CN2C[C@@H](OCc3ccncc3)[C@@H]3OCCC[C@@H]32)cn1.O=C(O)C(F)(F)F.O=C(O)C(F)(F)F. The predicted molar refractivity (Wildman–Crippen MR) is 117 cm³/mol. The molecule has 10 nitrogen and oxygen atoms in total. The maximum atomic E-state index is 10.6. The molecule has 4 heterocycles. The number of pyridine rings is 1. The van der Waals surface area contributed by atoms with Crippen molar-refractivity contribution in [2.24, 2.45) is 7.05 Å². The summed E-state index contributed by atoms with van der Waals surface area (Å²) in [5.41, 5.74) is 2.40. The minimum Gasteiger partial charge on any atom is -0.475 e. The van der Waals surface area contributed by atoms with Crippen LogP contribution in [0.15, 0.2) is 36.9 Å². The average molecular weight is 556 g/mol. The van der Waals surface area contributed by atoms with Gasteiger partial charge in [-0.05, 0) is 30.5 Å². The Labute approximate surface area is 212 Å². The molecule has 0 aliphatic carbocycles. The van der Waals surface area contributed by atoms with Gasteiger partial charge in [0.2, 0.25) is 0 Å². The zero-order chi connectivity index (χ0) is 28.5. The fourth-order valence-corrected chi connectivity index (χ4v) is 3.80. The monoisotopic (exact) mass is 556 g/mol. The largest absolute Gasteiger partial charge is 0.490 e. The zero-order valence-electron chi connectivity index (χ0n) is 20.0. The quantitative estimate of drug-likeness (QED) is 0.535. The van der Waals surface area contributed by atoms with E-state index < -0.39 is 24.3 Å². The lowest BCUT2D eigenvalue weighted by atomic mass is 10.0. The Balaban J connectivity index is 0.000000301. The number of carboxylic acid groups (broad SMARTS) is 2. The lowest BCUT2D eigenvalue weighted by Gasteiger charge is -2.32. The molecule has 0 spiro atoms. The molecule has 2 N–H and O–H groups in total. The number of likely N-dealkylation sites (tertiary alicyclic amines) is 1. The first-order valence-electron chi connectivity index (χ1n) is 11.1. The minimum atomic E-state index is -5.08. The molecule has 0 saturated carbocycles. The molecule has 2 aliphatic rings. The van der Waals surface area contributed by atoms with Crippen molar-refractivity contribution in [1.29, 1.82) is 0 Å². The Morgan fingerprint density at radius 3 is 2.16 bits per heavy atom. The molecular weight excluding hydrogens is 530 g/mol. The van der Waals surface area contributed by atoms with Gasteiger partial charge in [0.25, 0.3) is 0 Å². The first-order valence-corrected chi connectivity index (χ1v) is 11.1. The summed E-state index contributed by atoms with van der Waals surface area (Å²) in [4.78, 5) is 24.3. The second-order valence-electron chi connectivity index (χ2n) is 8.31. The molecule has 2 saturated heterocycles. The van der Waals surface area contributed by atoms with Gasteiger partial charge in [0.05, 0.1) is 18.9 Å². The molecule has 2 fully saturated rings. The Morgan fingerprint density at radius 2 is 1.66 bits per heavy atom. The van der Waals surface area contributed by atoms with E-state index in [9.17, 15) is 26.3 Å². The number of aliphatic carboxylic acids is 2. The molecule has 0 bridgehead atoms.